The van der Waals surface area contributed by atoms with E-state index >= 15 is 0 Å². The van der Waals surface area contributed by atoms with E-state index in [9.17, 15) is 0 Å². The Hall–Kier alpha value is -0.700. The van der Waals surface area contributed by atoms with Crippen LogP contribution in [-0.4, -0.2) is 24.6 Å². The fourth-order valence-electron chi connectivity index (χ4n) is 2.82. The van der Waals surface area contributed by atoms with E-state index in [1.807, 2.05) is 0 Å². The van der Waals surface area contributed by atoms with Crippen LogP contribution >= 0.6 is 15.8 Å². The second kappa shape index (κ2) is 10.1. The van der Waals surface area contributed by atoms with Gasteiger partial charge in [-0.15, -0.1) is 0 Å². The van der Waals surface area contributed by atoms with E-state index in [1.165, 1.54) is 37.5 Å². The van der Waals surface area contributed by atoms with Crippen LogP contribution in [0.15, 0.2) is 60.7 Å². The second-order valence-electron chi connectivity index (χ2n) is 5.54. The van der Waals surface area contributed by atoms with Gasteiger partial charge in [0, 0.05) is 0 Å². The molecule has 0 aromatic heterocycles. The molecule has 0 saturated carbocycles. The Labute approximate surface area is 138 Å². The van der Waals surface area contributed by atoms with Gasteiger partial charge in [0.05, 0.1) is 0 Å². The van der Waals surface area contributed by atoms with E-state index in [2.05, 4.69) is 74.5 Å². The van der Waals surface area contributed by atoms with Crippen molar-refractivity contribution in [2.75, 3.05) is 24.6 Å². The molecule has 0 N–H and O–H groups in total. The van der Waals surface area contributed by atoms with Gasteiger partial charge >= 0.3 is 0 Å². The maximum absolute atomic E-state index is 2.35. The van der Waals surface area contributed by atoms with Gasteiger partial charge in [-0.2, -0.15) is 0 Å². The molecular formula is C20H28P2. The van der Waals surface area contributed by atoms with Gasteiger partial charge in [-0.05, 0) is 48.1 Å². The molecule has 0 aliphatic carbocycles. The Morgan fingerprint density at radius 1 is 0.591 bits per heavy atom. The third-order valence-electron chi connectivity index (χ3n) is 4.11. The van der Waals surface area contributed by atoms with Gasteiger partial charge in [-0.1, -0.05) is 90.4 Å². The third-order valence-corrected chi connectivity index (χ3v) is 9.41. The maximum Gasteiger partial charge on any atom is -0.0240 e. The van der Waals surface area contributed by atoms with Crippen molar-refractivity contribution in [3.63, 3.8) is 0 Å². The van der Waals surface area contributed by atoms with E-state index in [4.69, 9.17) is 0 Å². The summed E-state index contributed by atoms with van der Waals surface area (Å²) in [7, 11) is 0.129. The van der Waals surface area contributed by atoms with Gasteiger partial charge in [0.25, 0.3) is 0 Å². The largest absolute Gasteiger partial charge is 0.0756 e. The van der Waals surface area contributed by atoms with Crippen molar-refractivity contribution in [1.82, 2.24) is 0 Å². The first-order chi connectivity index (χ1) is 10.8. The van der Waals surface area contributed by atoms with Crippen LogP contribution < -0.4 is 10.6 Å². The average Bonchev–Trinajstić information content (AvgIpc) is 2.60. The van der Waals surface area contributed by atoms with Crippen molar-refractivity contribution in [3.05, 3.63) is 60.7 Å². The normalized spacial score (nSPS) is 13.7. The summed E-state index contributed by atoms with van der Waals surface area (Å²) in [4.78, 5) is 0. The summed E-state index contributed by atoms with van der Waals surface area (Å²) in [5.74, 6) is 0. The summed E-state index contributed by atoms with van der Waals surface area (Å²) in [5, 5.41) is 3.17. The van der Waals surface area contributed by atoms with Crippen molar-refractivity contribution in [3.8, 4) is 0 Å². The predicted octanol–water partition coefficient (Wildman–Crippen LogP) is 5.42. The van der Waals surface area contributed by atoms with Crippen molar-refractivity contribution in [2.24, 2.45) is 0 Å². The molecule has 2 aromatic rings. The average molecular weight is 330 g/mol. The fraction of sp³-hybridized carbons (Fsp3) is 0.400. The highest BCUT2D eigenvalue weighted by molar-refractivity contribution is 7.66. The standard InChI is InChI=1S/C20H28P2/c1-3-21(19-13-7-5-8-14-19)17-11-12-18-22(4-2)20-15-9-6-10-16-20/h5-10,13-16H,3-4,11-12,17-18H2,1-2H3. The summed E-state index contributed by atoms with van der Waals surface area (Å²) < 4.78 is 0. The van der Waals surface area contributed by atoms with Gasteiger partial charge in [0.2, 0.25) is 0 Å². The molecule has 0 heterocycles. The Morgan fingerprint density at radius 2 is 0.955 bits per heavy atom. The molecule has 0 saturated heterocycles. The van der Waals surface area contributed by atoms with Crippen molar-refractivity contribution < 1.29 is 0 Å². The van der Waals surface area contributed by atoms with Crippen LogP contribution in [0.4, 0.5) is 0 Å². The molecule has 118 valence electrons. The molecular weight excluding hydrogens is 302 g/mol. The Balaban J connectivity index is 1.78. The SMILES string of the molecule is CCP(CCCCP(CC)c1ccccc1)c1ccccc1. The number of hydrogen-bond donors (Lipinski definition) is 0. The fourth-order valence-corrected chi connectivity index (χ4v) is 7.10. The van der Waals surface area contributed by atoms with Gasteiger partial charge in [-0.3, -0.25) is 0 Å². The first kappa shape index (κ1) is 17.7. The van der Waals surface area contributed by atoms with Crippen molar-refractivity contribution in [2.45, 2.75) is 26.7 Å². The molecule has 2 atom stereocenters. The highest BCUT2D eigenvalue weighted by Gasteiger charge is 2.10. The van der Waals surface area contributed by atoms with Gasteiger partial charge in [0.15, 0.2) is 0 Å². The lowest BCUT2D eigenvalue weighted by atomic mass is 10.4. The minimum absolute atomic E-state index is 0.0643. The molecule has 0 radical (unpaired) electrons. The molecule has 0 aliphatic heterocycles. The van der Waals surface area contributed by atoms with Crippen LogP contribution in [0.5, 0.6) is 0 Å². The highest BCUT2D eigenvalue weighted by Crippen LogP contribution is 2.38. The molecule has 0 aliphatic rings. The number of hydrogen-bond acceptors (Lipinski definition) is 0. The zero-order chi connectivity index (χ0) is 15.6. The van der Waals surface area contributed by atoms with E-state index in [0.717, 1.165) is 0 Å². The van der Waals surface area contributed by atoms with Crippen LogP contribution in [0.2, 0.25) is 0 Å². The predicted molar refractivity (Wildman–Crippen MR) is 106 cm³/mol. The maximum atomic E-state index is 2.35. The zero-order valence-corrected chi connectivity index (χ0v) is 15.7. The topological polar surface area (TPSA) is 0 Å². The quantitative estimate of drug-likeness (QED) is 0.425. The Morgan fingerprint density at radius 3 is 1.27 bits per heavy atom. The summed E-state index contributed by atoms with van der Waals surface area (Å²) in [6.45, 7) is 4.70. The minimum Gasteiger partial charge on any atom is -0.0756 e. The number of rotatable bonds is 9. The molecule has 0 amide bonds. The van der Waals surface area contributed by atoms with Gasteiger partial charge in [-0.25, -0.2) is 0 Å². The first-order valence-electron chi connectivity index (χ1n) is 8.45. The summed E-state index contributed by atoms with van der Waals surface area (Å²) in [5.41, 5.74) is 0. The molecule has 2 heteroatoms. The lowest BCUT2D eigenvalue weighted by Gasteiger charge is -2.18. The lowest BCUT2D eigenvalue weighted by Crippen LogP contribution is -2.07. The van der Waals surface area contributed by atoms with Crippen LogP contribution in [0.25, 0.3) is 0 Å². The zero-order valence-electron chi connectivity index (χ0n) is 13.9. The van der Waals surface area contributed by atoms with Crippen LogP contribution in [0.1, 0.15) is 26.7 Å². The molecule has 0 spiro atoms. The summed E-state index contributed by atoms with van der Waals surface area (Å²) >= 11 is 0. The highest BCUT2D eigenvalue weighted by atomic mass is 31.1. The molecule has 0 nitrogen and oxygen atoms in total. The molecule has 2 aromatic carbocycles. The Bertz CT molecular complexity index is 460. The molecule has 0 fully saturated rings. The van der Waals surface area contributed by atoms with Crippen LogP contribution in [0, 0.1) is 0 Å². The van der Waals surface area contributed by atoms with Crippen LogP contribution in [0.3, 0.4) is 0 Å². The van der Waals surface area contributed by atoms with E-state index in [1.54, 1.807) is 10.6 Å². The second-order valence-corrected chi connectivity index (χ2v) is 10.9. The lowest BCUT2D eigenvalue weighted by molar-refractivity contribution is 0.897. The van der Waals surface area contributed by atoms with E-state index in [0.29, 0.717) is 0 Å². The van der Waals surface area contributed by atoms with Crippen molar-refractivity contribution >= 4 is 26.5 Å². The Kier molecular flexibility index (Phi) is 8.14. The molecule has 0 bridgehead atoms. The van der Waals surface area contributed by atoms with Crippen molar-refractivity contribution in [1.29, 1.82) is 0 Å². The minimum atomic E-state index is 0.0643. The number of benzene rings is 2. The van der Waals surface area contributed by atoms with E-state index < -0.39 is 0 Å². The summed E-state index contributed by atoms with van der Waals surface area (Å²) in [6, 6.07) is 22.3. The van der Waals surface area contributed by atoms with Gasteiger partial charge < -0.3 is 0 Å². The van der Waals surface area contributed by atoms with E-state index in [-0.39, 0.29) is 15.8 Å². The van der Waals surface area contributed by atoms with Crippen LogP contribution in [-0.2, 0) is 0 Å². The van der Waals surface area contributed by atoms with Gasteiger partial charge in [0.1, 0.15) is 0 Å². The first-order valence-corrected chi connectivity index (χ1v) is 11.9. The molecule has 2 unspecified atom stereocenters. The summed E-state index contributed by atoms with van der Waals surface area (Å²) in [6.07, 6.45) is 8.22. The smallest absolute Gasteiger partial charge is 0.0240 e. The molecule has 2 rings (SSSR count). The monoisotopic (exact) mass is 330 g/mol. The third kappa shape index (κ3) is 5.49. The molecule has 22 heavy (non-hydrogen) atoms. The number of unbranched alkanes of at least 4 members (excludes halogenated alkanes) is 1.